The van der Waals surface area contributed by atoms with Gasteiger partial charge in [0.2, 0.25) is 0 Å². The fraction of sp³-hybridized carbons (Fsp3) is 0.583. The lowest BCUT2D eigenvalue weighted by molar-refractivity contribution is 0.176. The number of aryl methyl sites for hydroxylation is 1. The van der Waals surface area contributed by atoms with E-state index in [-0.39, 0.29) is 5.82 Å². The van der Waals surface area contributed by atoms with Gasteiger partial charge in [-0.1, -0.05) is 18.2 Å². The van der Waals surface area contributed by atoms with E-state index < -0.39 is 0 Å². The maximum atomic E-state index is 13.9. The van der Waals surface area contributed by atoms with Gasteiger partial charge < -0.3 is 10.2 Å². The van der Waals surface area contributed by atoms with Gasteiger partial charge >= 0.3 is 0 Å². The summed E-state index contributed by atoms with van der Waals surface area (Å²) >= 11 is 0. The Morgan fingerprint density at radius 3 is 2.65 bits per heavy atom. The van der Waals surface area contributed by atoms with Crippen LogP contribution in [0.3, 0.4) is 0 Å². The normalized spacial score (nSPS) is 21.1. The number of nitrogens with zero attached hydrogens (tertiary/aromatic N) is 5. The van der Waals surface area contributed by atoms with Gasteiger partial charge in [-0.25, -0.2) is 4.39 Å². The van der Waals surface area contributed by atoms with Crippen molar-refractivity contribution >= 4 is 5.96 Å². The van der Waals surface area contributed by atoms with E-state index in [0.29, 0.717) is 18.4 Å². The number of likely N-dealkylation sites (tertiary alicyclic amines) is 2. The fourth-order valence-electron chi connectivity index (χ4n) is 4.89. The number of guanidine groups is 1. The molecule has 0 bridgehead atoms. The van der Waals surface area contributed by atoms with Crippen LogP contribution in [-0.4, -0.2) is 65.3 Å². The molecule has 0 amide bonds. The van der Waals surface area contributed by atoms with Crippen molar-refractivity contribution < 1.29 is 4.39 Å². The number of piperidine rings is 1. The van der Waals surface area contributed by atoms with Crippen LogP contribution in [0.2, 0.25) is 0 Å². The Hall–Kier alpha value is -2.41. The summed E-state index contributed by atoms with van der Waals surface area (Å²) in [5, 5.41) is 7.91. The highest BCUT2D eigenvalue weighted by atomic mass is 19.1. The monoisotopic (exact) mass is 426 g/mol. The summed E-state index contributed by atoms with van der Waals surface area (Å²) in [5.41, 5.74) is 2.12. The van der Waals surface area contributed by atoms with E-state index in [0.717, 1.165) is 63.5 Å². The number of benzene rings is 1. The SMILES string of the molecule is CN=C(NCC1CCN(Cc2ccccc2F)CC1)N1CCC(Cc2cnn(C)c2)C1. The van der Waals surface area contributed by atoms with Crippen LogP contribution in [0.15, 0.2) is 41.7 Å². The van der Waals surface area contributed by atoms with Gasteiger partial charge in [0.25, 0.3) is 0 Å². The molecule has 2 saturated heterocycles. The minimum absolute atomic E-state index is 0.0949. The molecule has 0 radical (unpaired) electrons. The van der Waals surface area contributed by atoms with Crippen molar-refractivity contribution in [3.63, 3.8) is 0 Å². The lowest BCUT2D eigenvalue weighted by atomic mass is 9.96. The van der Waals surface area contributed by atoms with Crippen molar-refractivity contribution in [3.05, 3.63) is 53.6 Å². The number of nitrogens with one attached hydrogen (secondary N) is 1. The summed E-state index contributed by atoms with van der Waals surface area (Å²) < 4.78 is 15.8. The minimum atomic E-state index is -0.0949. The smallest absolute Gasteiger partial charge is 0.193 e. The second-order valence-electron chi connectivity index (χ2n) is 9.07. The summed E-state index contributed by atoms with van der Waals surface area (Å²) in [6.07, 6.45) is 8.67. The number of halogens is 1. The van der Waals surface area contributed by atoms with Crippen LogP contribution in [0.4, 0.5) is 4.39 Å². The predicted molar refractivity (Wildman–Crippen MR) is 122 cm³/mol. The number of aromatic nitrogens is 2. The molecule has 31 heavy (non-hydrogen) atoms. The number of rotatable bonds is 6. The van der Waals surface area contributed by atoms with Crippen LogP contribution in [0, 0.1) is 17.7 Å². The van der Waals surface area contributed by atoms with Gasteiger partial charge in [0, 0.05) is 52.0 Å². The van der Waals surface area contributed by atoms with Crippen LogP contribution in [0.1, 0.15) is 30.4 Å². The summed E-state index contributed by atoms with van der Waals surface area (Å²) in [4.78, 5) is 9.31. The van der Waals surface area contributed by atoms with Crippen LogP contribution in [0.5, 0.6) is 0 Å². The molecule has 1 unspecified atom stereocenters. The van der Waals surface area contributed by atoms with Crippen molar-refractivity contribution in [2.45, 2.75) is 32.2 Å². The zero-order valence-electron chi connectivity index (χ0n) is 18.8. The van der Waals surface area contributed by atoms with Gasteiger partial charge in [-0.2, -0.15) is 5.10 Å². The highest BCUT2D eigenvalue weighted by Crippen LogP contribution is 2.22. The average Bonchev–Trinajstić information content (AvgIpc) is 3.40. The first-order chi connectivity index (χ1) is 15.1. The molecular formula is C24H35FN6. The van der Waals surface area contributed by atoms with Crippen LogP contribution < -0.4 is 5.32 Å². The number of hydrogen-bond donors (Lipinski definition) is 1. The lowest BCUT2D eigenvalue weighted by Crippen LogP contribution is -2.44. The van der Waals surface area contributed by atoms with E-state index in [1.54, 1.807) is 12.1 Å². The van der Waals surface area contributed by atoms with Gasteiger partial charge in [-0.15, -0.1) is 0 Å². The van der Waals surface area contributed by atoms with E-state index in [9.17, 15) is 4.39 Å². The largest absolute Gasteiger partial charge is 0.356 e. The highest BCUT2D eigenvalue weighted by molar-refractivity contribution is 5.80. The summed E-state index contributed by atoms with van der Waals surface area (Å²) in [7, 11) is 3.86. The van der Waals surface area contributed by atoms with Gasteiger partial charge in [-0.3, -0.25) is 14.6 Å². The van der Waals surface area contributed by atoms with E-state index >= 15 is 0 Å². The summed E-state index contributed by atoms with van der Waals surface area (Å²) in [5.74, 6) is 2.23. The summed E-state index contributed by atoms with van der Waals surface area (Å²) in [6, 6.07) is 7.12. The van der Waals surface area contributed by atoms with Crippen molar-refractivity contribution in [2.24, 2.45) is 23.9 Å². The Morgan fingerprint density at radius 1 is 1.16 bits per heavy atom. The van der Waals surface area contributed by atoms with Crippen LogP contribution in [0.25, 0.3) is 0 Å². The van der Waals surface area contributed by atoms with Crippen molar-refractivity contribution in [1.82, 2.24) is 24.9 Å². The van der Waals surface area contributed by atoms with Crippen LogP contribution >= 0.6 is 0 Å². The molecule has 1 aromatic heterocycles. The molecule has 0 aliphatic carbocycles. The van der Waals surface area contributed by atoms with Crippen LogP contribution in [-0.2, 0) is 20.0 Å². The lowest BCUT2D eigenvalue weighted by Gasteiger charge is -2.33. The topological polar surface area (TPSA) is 48.7 Å². The third-order valence-electron chi connectivity index (χ3n) is 6.69. The minimum Gasteiger partial charge on any atom is -0.356 e. The first-order valence-corrected chi connectivity index (χ1v) is 11.5. The van der Waals surface area contributed by atoms with Crippen molar-refractivity contribution in [3.8, 4) is 0 Å². The van der Waals surface area contributed by atoms with E-state index in [1.807, 2.05) is 37.1 Å². The molecule has 2 fully saturated rings. The van der Waals surface area contributed by atoms with Gasteiger partial charge in [-0.05, 0) is 62.2 Å². The standard InChI is InChI=1S/C24H35FN6/c1-26-24(31-12-9-20(17-31)13-21-15-28-29(2)16-21)27-14-19-7-10-30(11-8-19)18-22-5-3-4-6-23(22)25/h3-6,15-16,19-20H,7-14,17-18H2,1-2H3,(H,26,27). The van der Waals surface area contributed by atoms with Gasteiger partial charge in [0.05, 0.1) is 6.20 Å². The van der Waals surface area contributed by atoms with Crippen molar-refractivity contribution in [2.75, 3.05) is 39.8 Å². The summed E-state index contributed by atoms with van der Waals surface area (Å²) in [6.45, 7) is 5.83. The average molecular weight is 427 g/mol. The third-order valence-corrected chi connectivity index (χ3v) is 6.69. The maximum absolute atomic E-state index is 13.9. The molecule has 2 aliphatic rings. The Morgan fingerprint density at radius 2 is 1.94 bits per heavy atom. The van der Waals surface area contributed by atoms with Gasteiger partial charge in [0.15, 0.2) is 5.96 Å². The molecule has 7 heteroatoms. The second kappa shape index (κ2) is 10.3. The molecule has 2 aromatic rings. The molecule has 1 atom stereocenters. The molecule has 1 aromatic carbocycles. The Labute approximate surface area is 185 Å². The number of hydrogen-bond acceptors (Lipinski definition) is 3. The molecule has 2 aliphatic heterocycles. The predicted octanol–water partition coefficient (Wildman–Crippen LogP) is 2.91. The van der Waals surface area contributed by atoms with E-state index in [2.05, 4.69) is 31.4 Å². The first-order valence-electron chi connectivity index (χ1n) is 11.5. The maximum Gasteiger partial charge on any atom is 0.193 e. The van der Waals surface area contributed by atoms with Crippen molar-refractivity contribution in [1.29, 1.82) is 0 Å². The zero-order chi connectivity index (χ0) is 21.6. The van der Waals surface area contributed by atoms with Gasteiger partial charge in [0.1, 0.15) is 5.82 Å². The molecule has 1 N–H and O–H groups in total. The molecule has 168 valence electrons. The number of aliphatic imine (C=N–C) groups is 1. The first kappa shape index (κ1) is 21.8. The highest BCUT2D eigenvalue weighted by Gasteiger charge is 2.26. The van der Waals surface area contributed by atoms with E-state index in [4.69, 9.17) is 0 Å². The molecule has 6 nitrogen and oxygen atoms in total. The van der Waals surface area contributed by atoms with E-state index in [1.165, 1.54) is 12.0 Å². The molecule has 4 rings (SSSR count). The quantitative estimate of drug-likeness (QED) is 0.570. The Balaban J connectivity index is 1.19. The third kappa shape index (κ3) is 5.85. The Kier molecular flexibility index (Phi) is 7.22. The second-order valence-corrected chi connectivity index (χ2v) is 9.07. The molecule has 3 heterocycles. The zero-order valence-corrected chi connectivity index (χ0v) is 18.8. The molecule has 0 saturated carbocycles. The molecular weight excluding hydrogens is 391 g/mol. The molecule has 0 spiro atoms. The fourth-order valence-corrected chi connectivity index (χ4v) is 4.89. The Bertz CT molecular complexity index is 870.